The number of nitrogens with one attached hydrogen (secondary N) is 3. The van der Waals surface area contributed by atoms with Gasteiger partial charge in [0.1, 0.15) is 5.75 Å². The van der Waals surface area contributed by atoms with E-state index in [-0.39, 0.29) is 11.3 Å². The van der Waals surface area contributed by atoms with Gasteiger partial charge in [-0.1, -0.05) is 64.5 Å². The predicted octanol–water partition coefficient (Wildman–Crippen LogP) is 6.16. The number of carbonyl (C=O) groups excluding carboxylic acids is 4. The number of hydrogen-bond acceptors (Lipinski definition) is 6. The van der Waals surface area contributed by atoms with Crippen molar-refractivity contribution in [3.05, 3.63) is 136 Å². The van der Waals surface area contributed by atoms with Gasteiger partial charge in [0.15, 0.2) is 0 Å². The molecule has 0 aliphatic heterocycles. The normalized spacial score (nSPS) is 10.7. The standard InChI is InChI=1S/C33H23BrN4O5/c34-23-14-16-24(17-15-23)36-30(39)28-9-3-4-11-29(28)37-31(40)32(41)38-35-20-21-12-18-25(19-13-21)43-33(42)27-10-5-7-22-6-1-2-8-26(22)27/h1-20H,(H,36,39)(H,37,40)(H,38,41)/b35-20+. The second kappa shape index (κ2) is 13.4. The highest BCUT2D eigenvalue weighted by molar-refractivity contribution is 9.10. The molecule has 0 aliphatic rings. The molecule has 0 saturated carbocycles. The van der Waals surface area contributed by atoms with Gasteiger partial charge in [0, 0.05) is 10.2 Å². The lowest BCUT2D eigenvalue weighted by Gasteiger charge is -2.11. The maximum absolute atomic E-state index is 12.8. The summed E-state index contributed by atoms with van der Waals surface area (Å²) in [5.74, 6) is -2.63. The molecule has 43 heavy (non-hydrogen) atoms. The van der Waals surface area contributed by atoms with Crippen molar-refractivity contribution in [1.82, 2.24) is 5.43 Å². The number of anilines is 2. The second-order valence-corrected chi connectivity index (χ2v) is 10.1. The van der Waals surface area contributed by atoms with Gasteiger partial charge in [0.05, 0.1) is 23.0 Å². The van der Waals surface area contributed by atoms with E-state index in [2.05, 4.69) is 37.1 Å². The van der Waals surface area contributed by atoms with Crippen LogP contribution in [0.15, 0.2) is 125 Å². The second-order valence-electron chi connectivity index (χ2n) is 9.15. The Labute approximate surface area is 254 Å². The monoisotopic (exact) mass is 634 g/mol. The first-order chi connectivity index (χ1) is 20.9. The van der Waals surface area contributed by atoms with Crippen molar-refractivity contribution < 1.29 is 23.9 Å². The molecule has 5 aromatic rings. The summed E-state index contributed by atoms with van der Waals surface area (Å²) < 4.78 is 6.39. The molecule has 5 aromatic carbocycles. The van der Waals surface area contributed by atoms with Gasteiger partial charge < -0.3 is 15.4 Å². The molecule has 0 unspecified atom stereocenters. The molecule has 3 N–H and O–H groups in total. The van der Waals surface area contributed by atoms with Crippen molar-refractivity contribution in [3.8, 4) is 5.75 Å². The number of fused-ring (bicyclic) bond motifs is 1. The Bertz CT molecular complexity index is 1850. The van der Waals surface area contributed by atoms with Gasteiger partial charge in [0.2, 0.25) is 0 Å². The average Bonchev–Trinajstić information content (AvgIpc) is 3.02. The molecule has 0 spiro atoms. The Kier molecular flexibility index (Phi) is 8.99. The minimum Gasteiger partial charge on any atom is -0.423 e. The summed E-state index contributed by atoms with van der Waals surface area (Å²) in [6, 6.07) is 32.8. The molecule has 0 aliphatic carbocycles. The maximum Gasteiger partial charge on any atom is 0.344 e. The van der Waals surface area contributed by atoms with Crippen molar-refractivity contribution in [3.63, 3.8) is 0 Å². The summed E-state index contributed by atoms with van der Waals surface area (Å²) >= 11 is 3.34. The molecule has 5 rings (SSSR count). The molecule has 212 valence electrons. The number of hydrogen-bond donors (Lipinski definition) is 3. The Morgan fingerprint density at radius 2 is 1.35 bits per heavy atom. The molecule has 9 nitrogen and oxygen atoms in total. The summed E-state index contributed by atoms with van der Waals surface area (Å²) in [5.41, 5.74) is 4.10. The largest absolute Gasteiger partial charge is 0.423 e. The highest BCUT2D eigenvalue weighted by Crippen LogP contribution is 2.22. The van der Waals surface area contributed by atoms with Crippen LogP contribution in [0.2, 0.25) is 0 Å². The lowest BCUT2D eigenvalue weighted by atomic mass is 10.0. The van der Waals surface area contributed by atoms with Crippen LogP contribution in [0, 0.1) is 0 Å². The molecule has 10 heteroatoms. The summed E-state index contributed by atoms with van der Waals surface area (Å²) in [7, 11) is 0. The van der Waals surface area contributed by atoms with Crippen LogP contribution >= 0.6 is 15.9 Å². The number of carbonyl (C=O) groups is 4. The third-order valence-electron chi connectivity index (χ3n) is 6.21. The molecule has 0 heterocycles. The fourth-order valence-electron chi connectivity index (χ4n) is 4.10. The molecule has 0 radical (unpaired) electrons. The van der Waals surface area contributed by atoms with E-state index in [1.54, 1.807) is 72.8 Å². The van der Waals surface area contributed by atoms with Crippen LogP contribution in [0.4, 0.5) is 11.4 Å². The smallest absolute Gasteiger partial charge is 0.344 e. The molecule has 0 aromatic heterocycles. The number of esters is 1. The molecule has 0 fully saturated rings. The van der Waals surface area contributed by atoms with Gasteiger partial charge in [-0.25, -0.2) is 10.2 Å². The molecular weight excluding hydrogens is 612 g/mol. The molecule has 0 saturated heterocycles. The Balaban J connectivity index is 1.15. The average molecular weight is 635 g/mol. The van der Waals surface area contributed by atoms with Crippen LogP contribution in [0.3, 0.4) is 0 Å². The minimum absolute atomic E-state index is 0.162. The fraction of sp³-hybridized carbons (Fsp3) is 0. The van der Waals surface area contributed by atoms with Crippen LogP contribution in [-0.4, -0.2) is 29.9 Å². The summed E-state index contributed by atoms with van der Waals surface area (Å²) in [4.78, 5) is 50.4. The number of para-hydroxylation sites is 1. The SMILES string of the molecule is O=C(N/N=C/c1ccc(OC(=O)c2cccc3ccccc23)cc1)C(=O)Nc1ccccc1C(=O)Nc1ccc(Br)cc1. The molecule has 3 amide bonds. The van der Waals surface area contributed by atoms with Gasteiger partial charge in [-0.3, -0.25) is 14.4 Å². The summed E-state index contributed by atoms with van der Waals surface area (Å²) in [6.45, 7) is 0. The van der Waals surface area contributed by atoms with Gasteiger partial charge >= 0.3 is 17.8 Å². The third-order valence-corrected chi connectivity index (χ3v) is 6.74. The first-order valence-corrected chi connectivity index (χ1v) is 13.8. The number of ether oxygens (including phenoxy) is 1. The van der Waals surface area contributed by atoms with Crippen LogP contribution in [-0.2, 0) is 9.59 Å². The lowest BCUT2D eigenvalue weighted by Crippen LogP contribution is -2.33. The number of amides is 3. The quantitative estimate of drug-likeness (QED) is 0.0649. The highest BCUT2D eigenvalue weighted by Gasteiger charge is 2.18. The van der Waals surface area contributed by atoms with Crippen molar-refractivity contribution in [1.29, 1.82) is 0 Å². The van der Waals surface area contributed by atoms with Crippen LogP contribution in [0.5, 0.6) is 5.75 Å². The third kappa shape index (κ3) is 7.38. The van der Waals surface area contributed by atoms with Crippen molar-refractivity contribution in [2.75, 3.05) is 10.6 Å². The Hall–Kier alpha value is -5.61. The number of halogens is 1. The Morgan fingerprint density at radius 3 is 2.14 bits per heavy atom. The topological polar surface area (TPSA) is 126 Å². The zero-order valence-corrected chi connectivity index (χ0v) is 24.0. The van der Waals surface area contributed by atoms with Crippen molar-refractivity contribution in [2.45, 2.75) is 0 Å². The van der Waals surface area contributed by atoms with E-state index in [0.717, 1.165) is 15.2 Å². The highest BCUT2D eigenvalue weighted by atomic mass is 79.9. The zero-order valence-electron chi connectivity index (χ0n) is 22.4. The minimum atomic E-state index is -1.03. The number of rotatable bonds is 7. The zero-order chi connectivity index (χ0) is 30.2. The number of benzene rings is 5. The molecular formula is C33H23BrN4O5. The van der Waals surface area contributed by atoms with Gasteiger partial charge in [-0.2, -0.15) is 5.10 Å². The van der Waals surface area contributed by atoms with E-state index in [9.17, 15) is 19.2 Å². The maximum atomic E-state index is 12.8. The van der Waals surface area contributed by atoms with E-state index in [1.807, 2.05) is 30.3 Å². The van der Waals surface area contributed by atoms with E-state index in [0.29, 0.717) is 22.6 Å². The van der Waals surface area contributed by atoms with Crippen molar-refractivity contribution in [2.24, 2.45) is 5.10 Å². The molecule has 0 atom stereocenters. The van der Waals surface area contributed by atoms with Gasteiger partial charge in [-0.15, -0.1) is 0 Å². The number of hydrazone groups is 1. The van der Waals surface area contributed by atoms with Crippen molar-refractivity contribution >= 4 is 68.0 Å². The summed E-state index contributed by atoms with van der Waals surface area (Å²) in [6.07, 6.45) is 1.33. The van der Waals surface area contributed by atoms with Crippen LogP contribution < -0.4 is 20.8 Å². The lowest BCUT2D eigenvalue weighted by molar-refractivity contribution is -0.136. The van der Waals surface area contributed by atoms with Gasteiger partial charge in [0.25, 0.3) is 5.91 Å². The van der Waals surface area contributed by atoms with E-state index in [4.69, 9.17) is 4.74 Å². The fourth-order valence-corrected chi connectivity index (χ4v) is 4.37. The number of nitrogens with zero attached hydrogens (tertiary/aromatic N) is 1. The van der Waals surface area contributed by atoms with Gasteiger partial charge in [-0.05, 0) is 83.1 Å². The van der Waals surface area contributed by atoms with E-state index >= 15 is 0 Å². The molecule has 0 bridgehead atoms. The van der Waals surface area contributed by atoms with Crippen LogP contribution in [0.25, 0.3) is 10.8 Å². The first kappa shape index (κ1) is 28.9. The predicted molar refractivity (Wildman–Crippen MR) is 168 cm³/mol. The first-order valence-electron chi connectivity index (χ1n) is 13.0. The summed E-state index contributed by atoms with van der Waals surface area (Å²) in [5, 5.41) is 10.7. The Morgan fingerprint density at radius 1 is 0.674 bits per heavy atom. The van der Waals surface area contributed by atoms with E-state index in [1.165, 1.54) is 18.3 Å². The van der Waals surface area contributed by atoms with Crippen LogP contribution in [0.1, 0.15) is 26.3 Å². The van der Waals surface area contributed by atoms with E-state index < -0.39 is 23.7 Å².